The maximum Gasteiger partial charge on any atom is 0.365 e. The van der Waals surface area contributed by atoms with Crippen molar-refractivity contribution in [1.29, 1.82) is 0 Å². The fourth-order valence-electron chi connectivity index (χ4n) is 0.886. The molecule has 0 unspecified atom stereocenters. The number of nitrogens with zero attached hydrogens (tertiary/aromatic N) is 2. The molecule has 0 aromatic heterocycles. The Bertz CT molecular complexity index is 364. The Labute approximate surface area is 60.4 Å². The number of rotatable bonds is 0. The van der Waals surface area contributed by atoms with Crippen molar-refractivity contribution >= 4 is 28.1 Å². The predicted molar refractivity (Wildman–Crippen MR) is 28.0 cm³/mol. The number of carbonyl (C=O) groups is 3. The fraction of sp³-hybridized carbons (Fsp3) is 0. The highest BCUT2D eigenvalue weighted by atomic mass is 32.2. The largest absolute Gasteiger partial charge is 0.365 e. The van der Waals surface area contributed by atoms with Gasteiger partial charge in [0.25, 0.3) is 0 Å². The van der Waals surface area contributed by atoms with Gasteiger partial charge < -0.3 is 0 Å². The van der Waals surface area contributed by atoms with Crippen molar-refractivity contribution in [2.24, 2.45) is 0 Å². The van der Waals surface area contributed by atoms with Crippen molar-refractivity contribution in [1.82, 2.24) is 8.61 Å². The second kappa shape index (κ2) is 1.28. The number of amides is 4. The van der Waals surface area contributed by atoms with Gasteiger partial charge >= 0.3 is 28.1 Å². The Morgan fingerprint density at radius 2 is 1.27 bits per heavy atom. The van der Waals surface area contributed by atoms with Gasteiger partial charge in [0.05, 0.1) is 0 Å². The molecule has 3 heterocycles. The number of fused-ring (bicyclic) bond motifs is 1. The minimum Gasteiger partial charge on any atom is -0.262 e. The van der Waals surface area contributed by atoms with E-state index in [0.717, 1.165) is 0 Å². The van der Waals surface area contributed by atoms with Crippen molar-refractivity contribution in [3.63, 3.8) is 0 Å². The smallest absolute Gasteiger partial charge is 0.262 e. The van der Waals surface area contributed by atoms with E-state index >= 15 is 0 Å². The summed E-state index contributed by atoms with van der Waals surface area (Å²) in [5, 5.41) is 0. The highest BCUT2D eigenvalue weighted by molar-refractivity contribution is 7.92. The zero-order valence-corrected chi connectivity index (χ0v) is 5.66. The molecule has 3 rings (SSSR count). The van der Waals surface area contributed by atoms with E-state index in [4.69, 9.17) is 0 Å². The van der Waals surface area contributed by atoms with Crippen LogP contribution in [0.4, 0.5) is 4.79 Å². The van der Waals surface area contributed by atoms with E-state index in [-0.39, 0.29) is 8.61 Å². The molecule has 3 fully saturated rings. The highest BCUT2D eigenvalue weighted by Gasteiger charge is 2.68. The molecule has 4 amide bonds. The van der Waals surface area contributed by atoms with Crippen molar-refractivity contribution in [3.05, 3.63) is 0 Å². The van der Waals surface area contributed by atoms with Crippen LogP contribution in [-0.4, -0.2) is 34.9 Å². The Kier molecular flexibility index (Phi) is 0.730. The first-order valence-electron chi connectivity index (χ1n) is 2.46. The second-order valence-electron chi connectivity index (χ2n) is 1.93. The molecule has 0 aliphatic carbocycles. The Morgan fingerprint density at radius 1 is 0.909 bits per heavy atom. The molecule has 0 saturated carbocycles. The SMILES string of the molecule is O=C1C(=O)N2C(=O)N1S2(=O)=O. The molecule has 58 valence electrons. The summed E-state index contributed by atoms with van der Waals surface area (Å²) in [5.41, 5.74) is 0. The summed E-state index contributed by atoms with van der Waals surface area (Å²) in [4.78, 5) is 31.5. The first-order chi connectivity index (χ1) is 4.98. The average Bonchev–Trinajstić information content (AvgIpc) is 2.15. The normalized spacial score (nSPS) is 26.0. The van der Waals surface area contributed by atoms with Crippen molar-refractivity contribution in [2.45, 2.75) is 0 Å². The minimum atomic E-state index is -4.06. The maximum atomic E-state index is 10.6. The molecule has 8 heteroatoms. The van der Waals surface area contributed by atoms with Gasteiger partial charge in [-0.25, -0.2) is 4.79 Å². The molecule has 11 heavy (non-hydrogen) atoms. The number of imide groups is 2. The summed E-state index contributed by atoms with van der Waals surface area (Å²) in [5.74, 6) is -2.59. The monoisotopic (exact) mass is 176 g/mol. The number of urea groups is 1. The Balaban J connectivity index is 2.72. The van der Waals surface area contributed by atoms with E-state index in [1.54, 1.807) is 0 Å². The number of carbonyl (C=O) groups excluding carboxylic acids is 3. The van der Waals surface area contributed by atoms with Gasteiger partial charge in [0.1, 0.15) is 0 Å². The molecule has 0 spiro atoms. The lowest BCUT2D eigenvalue weighted by molar-refractivity contribution is -0.138. The van der Waals surface area contributed by atoms with Gasteiger partial charge in [-0.3, -0.25) is 9.59 Å². The van der Waals surface area contributed by atoms with Crippen LogP contribution in [0.25, 0.3) is 0 Å². The molecular formula is C3N2O5S. The average molecular weight is 176 g/mol. The second-order valence-corrected chi connectivity index (χ2v) is 3.56. The van der Waals surface area contributed by atoms with Gasteiger partial charge in [0, 0.05) is 0 Å². The van der Waals surface area contributed by atoms with Crippen LogP contribution in [0.1, 0.15) is 0 Å². The summed E-state index contributed by atoms with van der Waals surface area (Å²) in [6, 6.07) is -1.08. The van der Waals surface area contributed by atoms with Crippen LogP contribution in [0.5, 0.6) is 0 Å². The molecule has 0 atom stereocenters. The molecule has 3 saturated heterocycles. The van der Waals surface area contributed by atoms with E-state index in [9.17, 15) is 22.8 Å². The maximum absolute atomic E-state index is 10.6. The van der Waals surface area contributed by atoms with E-state index in [2.05, 4.69) is 0 Å². The number of hydrogen-bond acceptors (Lipinski definition) is 5. The van der Waals surface area contributed by atoms with Gasteiger partial charge in [0.2, 0.25) is 0 Å². The van der Waals surface area contributed by atoms with Crippen LogP contribution in [0.2, 0.25) is 0 Å². The third-order valence-electron chi connectivity index (χ3n) is 1.36. The molecule has 0 aromatic carbocycles. The van der Waals surface area contributed by atoms with Gasteiger partial charge in [-0.2, -0.15) is 8.42 Å². The van der Waals surface area contributed by atoms with Crippen molar-refractivity contribution in [3.8, 4) is 0 Å². The van der Waals surface area contributed by atoms with Crippen molar-refractivity contribution < 1.29 is 22.8 Å². The van der Waals surface area contributed by atoms with Crippen LogP contribution in [-0.2, 0) is 19.8 Å². The zero-order valence-electron chi connectivity index (χ0n) is 4.84. The highest BCUT2D eigenvalue weighted by Crippen LogP contribution is 2.31. The van der Waals surface area contributed by atoms with Gasteiger partial charge in [-0.05, 0) is 0 Å². The summed E-state index contributed by atoms with van der Waals surface area (Å²) in [7, 11) is -4.06. The van der Waals surface area contributed by atoms with Gasteiger partial charge in [-0.15, -0.1) is 8.61 Å². The third-order valence-corrected chi connectivity index (χ3v) is 2.93. The van der Waals surface area contributed by atoms with E-state index in [1.165, 1.54) is 0 Å². The van der Waals surface area contributed by atoms with Crippen LogP contribution in [0.3, 0.4) is 0 Å². The van der Waals surface area contributed by atoms with E-state index < -0.39 is 28.1 Å². The molecule has 2 bridgehead atoms. The molecule has 7 nitrogen and oxygen atoms in total. The van der Waals surface area contributed by atoms with Crippen LogP contribution in [0.15, 0.2) is 0 Å². The lowest BCUT2D eigenvalue weighted by Crippen LogP contribution is -2.55. The first-order valence-corrected chi connectivity index (χ1v) is 3.85. The zero-order chi connectivity index (χ0) is 8.39. The topological polar surface area (TPSA) is 91.8 Å². The summed E-state index contributed by atoms with van der Waals surface area (Å²) in [6.45, 7) is 0. The van der Waals surface area contributed by atoms with Crippen molar-refractivity contribution in [2.75, 3.05) is 0 Å². The van der Waals surface area contributed by atoms with E-state index in [1.807, 2.05) is 0 Å². The minimum absolute atomic E-state index is 0.0602. The lowest BCUT2D eigenvalue weighted by atomic mass is 10.6. The predicted octanol–water partition coefficient (Wildman–Crippen LogP) is -1.96. The first kappa shape index (κ1) is 6.28. The molecule has 3 aliphatic rings. The summed E-state index contributed by atoms with van der Waals surface area (Å²) < 4.78 is 21.1. The lowest BCUT2D eigenvalue weighted by Gasteiger charge is -2.23. The molecular weight excluding hydrogens is 176 g/mol. The molecule has 3 aliphatic heterocycles. The van der Waals surface area contributed by atoms with Crippen LogP contribution in [0, 0.1) is 0 Å². The van der Waals surface area contributed by atoms with E-state index in [0.29, 0.717) is 0 Å². The fourth-order valence-corrected chi connectivity index (χ4v) is 2.07. The molecule has 0 aromatic rings. The van der Waals surface area contributed by atoms with Crippen LogP contribution < -0.4 is 0 Å². The molecule has 0 radical (unpaired) electrons. The standard InChI is InChI=1S/C3N2O5S/c6-1-2(7)5-3(8)4(1)11(5,9)10. The van der Waals surface area contributed by atoms with Crippen LogP contribution >= 0.6 is 0 Å². The summed E-state index contributed by atoms with van der Waals surface area (Å²) >= 11 is 0. The Morgan fingerprint density at radius 3 is 1.36 bits per heavy atom. The Hall–Kier alpha value is -1.44. The molecule has 0 N–H and O–H groups in total. The van der Waals surface area contributed by atoms with Gasteiger partial charge in [0.15, 0.2) is 0 Å². The third kappa shape index (κ3) is 0.394. The summed E-state index contributed by atoms with van der Waals surface area (Å²) in [6.07, 6.45) is 0. The quantitative estimate of drug-likeness (QED) is 0.315. The number of hydrogen-bond donors (Lipinski definition) is 0. The van der Waals surface area contributed by atoms with Gasteiger partial charge in [-0.1, -0.05) is 0 Å².